The Bertz CT molecular complexity index is 855. The average Bonchev–Trinajstić information content (AvgIpc) is 2.72. The number of esters is 1. The van der Waals surface area contributed by atoms with Crippen molar-refractivity contribution >= 4 is 29.2 Å². The molecule has 0 fully saturated rings. The van der Waals surface area contributed by atoms with Gasteiger partial charge in [-0.15, -0.1) is 0 Å². The second-order valence-electron chi connectivity index (χ2n) is 6.14. The zero-order valence-corrected chi connectivity index (χ0v) is 17.4. The molecule has 2 rings (SSSR count). The van der Waals surface area contributed by atoms with Gasteiger partial charge in [-0.05, 0) is 49.2 Å². The van der Waals surface area contributed by atoms with Crippen LogP contribution in [0.4, 0.5) is 5.69 Å². The number of carbonyl (C=O) groups excluding carboxylic acids is 2. The van der Waals surface area contributed by atoms with E-state index in [-0.39, 0.29) is 6.42 Å². The van der Waals surface area contributed by atoms with Gasteiger partial charge in [0.2, 0.25) is 0 Å². The number of anilines is 1. The smallest absolute Gasteiger partial charge is 0.306 e. The molecule has 2 aromatic carbocycles. The van der Waals surface area contributed by atoms with Crippen LogP contribution in [0.15, 0.2) is 36.4 Å². The third-order valence-electron chi connectivity index (χ3n) is 3.97. The van der Waals surface area contributed by atoms with Crippen molar-refractivity contribution in [3.63, 3.8) is 0 Å². The highest BCUT2D eigenvalue weighted by atomic mass is 35.5. The highest BCUT2D eigenvalue weighted by Gasteiger charge is 2.12. The van der Waals surface area contributed by atoms with Crippen molar-refractivity contribution in [3.8, 4) is 17.2 Å². The third-order valence-corrected chi connectivity index (χ3v) is 4.39. The molecular formula is C21H24ClNO6. The van der Waals surface area contributed by atoms with Crippen LogP contribution in [0.5, 0.6) is 17.2 Å². The minimum absolute atomic E-state index is 0.141. The van der Waals surface area contributed by atoms with Gasteiger partial charge >= 0.3 is 5.97 Å². The summed E-state index contributed by atoms with van der Waals surface area (Å²) in [4.78, 5) is 23.9. The van der Waals surface area contributed by atoms with Crippen LogP contribution in [-0.2, 0) is 14.3 Å². The minimum Gasteiger partial charge on any atom is -0.497 e. The van der Waals surface area contributed by atoms with Gasteiger partial charge < -0.3 is 24.3 Å². The van der Waals surface area contributed by atoms with E-state index in [0.29, 0.717) is 41.0 Å². The number of carbonyl (C=O) groups is 2. The fourth-order valence-corrected chi connectivity index (χ4v) is 2.55. The molecule has 1 N–H and O–H groups in total. The van der Waals surface area contributed by atoms with Gasteiger partial charge in [-0.3, -0.25) is 9.59 Å². The number of benzene rings is 2. The van der Waals surface area contributed by atoms with Crippen molar-refractivity contribution in [1.82, 2.24) is 0 Å². The second-order valence-corrected chi connectivity index (χ2v) is 6.55. The second kappa shape index (κ2) is 11.2. The quantitative estimate of drug-likeness (QED) is 0.461. The Morgan fingerprint density at radius 2 is 1.79 bits per heavy atom. The molecule has 0 atom stereocenters. The lowest BCUT2D eigenvalue weighted by atomic mass is 10.2. The Hall–Kier alpha value is -2.93. The Morgan fingerprint density at radius 3 is 2.48 bits per heavy atom. The van der Waals surface area contributed by atoms with Crippen molar-refractivity contribution in [2.75, 3.05) is 32.8 Å². The predicted molar refractivity (Wildman–Crippen MR) is 110 cm³/mol. The molecule has 1 amide bonds. The Kier molecular flexibility index (Phi) is 8.61. The standard InChI is InChI=1S/C21H24ClNO6/c1-14-11-16(6-8-17(14)22)28-10-4-5-21(25)29-13-20(24)23-18-12-15(26-2)7-9-19(18)27-3/h6-9,11-12H,4-5,10,13H2,1-3H3,(H,23,24). The minimum atomic E-state index is -0.478. The number of nitrogens with one attached hydrogen (secondary N) is 1. The van der Waals surface area contributed by atoms with E-state index in [2.05, 4.69) is 5.32 Å². The summed E-state index contributed by atoms with van der Waals surface area (Å²) in [5.74, 6) is 0.771. The van der Waals surface area contributed by atoms with E-state index in [1.165, 1.54) is 14.2 Å². The third kappa shape index (κ3) is 7.19. The maximum Gasteiger partial charge on any atom is 0.306 e. The van der Waals surface area contributed by atoms with E-state index in [1.54, 1.807) is 30.3 Å². The fourth-order valence-electron chi connectivity index (χ4n) is 2.43. The van der Waals surface area contributed by atoms with Crippen molar-refractivity contribution in [1.29, 1.82) is 0 Å². The van der Waals surface area contributed by atoms with Gasteiger partial charge in [-0.2, -0.15) is 0 Å². The van der Waals surface area contributed by atoms with E-state index in [0.717, 1.165) is 5.56 Å². The van der Waals surface area contributed by atoms with Crippen LogP contribution in [0.1, 0.15) is 18.4 Å². The Morgan fingerprint density at radius 1 is 1.03 bits per heavy atom. The molecule has 156 valence electrons. The molecule has 0 aliphatic carbocycles. The number of halogens is 1. The highest BCUT2D eigenvalue weighted by Crippen LogP contribution is 2.28. The van der Waals surface area contributed by atoms with Gasteiger partial charge in [0.15, 0.2) is 6.61 Å². The number of rotatable bonds is 10. The van der Waals surface area contributed by atoms with E-state index in [4.69, 9.17) is 30.5 Å². The number of aryl methyl sites for hydroxylation is 1. The molecule has 0 heterocycles. The summed E-state index contributed by atoms with van der Waals surface area (Å²) in [6, 6.07) is 10.4. The van der Waals surface area contributed by atoms with Gasteiger partial charge in [0, 0.05) is 17.5 Å². The normalized spacial score (nSPS) is 10.2. The van der Waals surface area contributed by atoms with Crippen molar-refractivity contribution in [3.05, 3.63) is 47.0 Å². The molecule has 0 saturated carbocycles. The largest absolute Gasteiger partial charge is 0.497 e. The fraction of sp³-hybridized carbons (Fsp3) is 0.333. The molecule has 0 spiro atoms. The summed E-state index contributed by atoms with van der Waals surface area (Å²) >= 11 is 5.96. The molecule has 0 radical (unpaired) electrons. The lowest BCUT2D eigenvalue weighted by molar-refractivity contribution is -0.147. The number of ether oxygens (including phenoxy) is 4. The highest BCUT2D eigenvalue weighted by molar-refractivity contribution is 6.31. The number of amides is 1. The van der Waals surface area contributed by atoms with E-state index in [1.807, 2.05) is 13.0 Å². The van der Waals surface area contributed by atoms with Crippen LogP contribution in [0.2, 0.25) is 5.02 Å². The molecular weight excluding hydrogens is 398 g/mol. The van der Waals surface area contributed by atoms with Crippen LogP contribution >= 0.6 is 11.6 Å². The molecule has 29 heavy (non-hydrogen) atoms. The van der Waals surface area contributed by atoms with Gasteiger partial charge in [0.1, 0.15) is 17.2 Å². The van der Waals surface area contributed by atoms with E-state index in [9.17, 15) is 9.59 Å². The molecule has 0 bridgehead atoms. The average molecular weight is 422 g/mol. The first kappa shape index (κ1) is 22.4. The molecule has 0 aromatic heterocycles. The summed E-state index contributed by atoms with van der Waals surface area (Å²) < 4.78 is 20.9. The molecule has 0 saturated heterocycles. The molecule has 0 aliphatic rings. The van der Waals surface area contributed by atoms with Crippen molar-refractivity contribution < 1.29 is 28.5 Å². The Balaban J connectivity index is 1.70. The predicted octanol–water partition coefficient (Wildman–Crippen LogP) is 4.01. The lowest BCUT2D eigenvalue weighted by Crippen LogP contribution is -2.21. The first-order chi connectivity index (χ1) is 13.9. The van der Waals surface area contributed by atoms with E-state index < -0.39 is 18.5 Å². The number of methoxy groups -OCH3 is 2. The summed E-state index contributed by atoms with van der Waals surface area (Å²) in [5, 5.41) is 3.31. The molecule has 0 unspecified atom stereocenters. The van der Waals surface area contributed by atoms with Crippen LogP contribution in [0.25, 0.3) is 0 Å². The Labute approximate surface area is 174 Å². The maximum absolute atomic E-state index is 12.0. The lowest BCUT2D eigenvalue weighted by Gasteiger charge is -2.12. The van der Waals surface area contributed by atoms with Crippen LogP contribution in [-0.4, -0.2) is 39.3 Å². The molecule has 0 aliphatic heterocycles. The summed E-state index contributed by atoms with van der Waals surface area (Å²) in [6.07, 6.45) is 0.605. The molecule has 7 nitrogen and oxygen atoms in total. The number of hydrogen-bond acceptors (Lipinski definition) is 6. The van der Waals surface area contributed by atoms with Gasteiger partial charge in [-0.25, -0.2) is 0 Å². The van der Waals surface area contributed by atoms with Crippen LogP contribution < -0.4 is 19.5 Å². The maximum atomic E-state index is 12.0. The van der Waals surface area contributed by atoms with Crippen LogP contribution in [0.3, 0.4) is 0 Å². The molecule has 8 heteroatoms. The molecule has 2 aromatic rings. The first-order valence-corrected chi connectivity index (χ1v) is 9.37. The first-order valence-electron chi connectivity index (χ1n) is 8.99. The van der Waals surface area contributed by atoms with Crippen molar-refractivity contribution in [2.45, 2.75) is 19.8 Å². The summed E-state index contributed by atoms with van der Waals surface area (Å²) in [7, 11) is 3.01. The SMILES string of the molecule is COc1ccc(OC)c(NC(=O)COC(=O)CCCOc2ccc(Cl)c(C)c2)c1. The topological polar surface area (TPSA) is 83.1 Å². The van der Waals surface area contributed by atoms with Gasteiger partial charge in [-0.1, -0.05) is 11.6 Å². The zero-order chi connectivity index (χ0) is 21.2. The number of hydrogen-bond donors (Lipinski definition) is 1. The summed E-state index contributed by atoms with van der Waals surface area (Å²) in [5.41, 5.74) is 1.35. The van der Waals surface area contributed by atoms with Crippen LogP contribution in [0, 0.1) is 6.92 Å². The zero-order valence-electron chi connectivity index (χ0n) is 16.6. The summed E-state index contributed by atoms with van der Waals surface area (Å²) in [6.45, 7) is 1.85. The van der Waals surface area contributed by atoms with Gasteiger partial charge in [0.25, 0.3) is 5.91 Å². The monoisotopic (exact) mass is 421 g/mol. The van der Waals surface area contributed by atoms with Gasteiger partial charge in [0.05, 0.1) is 26.5 Å². The van der Waals surface area contributed by atoms with Crippen molar-refractivity contribution in [2.24, 2.45) is 0 Å². The van der Waals surface area contributed by atoms with E-state index >= 15 is 0 Å².